The highest BCUT2D eigenvalue weighted by molar-refractivity contribution is 9.10. The molecule has 0 aliphatic rings. The van der Waals surface area contributed by atoms with Crippen molar-refractivity contribution >= 4 is 33.5 Å². The number of allylic oxidation sites excluding steroid dienone is 1. The molecule has 0 aliphatic heterocycles. The number of hydrogen-bond acceptors (Lipinski definition) is 3. The Morgan fingerprint density at radius 3 is 2.36 bits per heavy atom. The van der Waals surface area contributed by atoms with Crippen LogP contribution < -0.4 is 9.64 Å². The normalized spacial score (nSPS) is 10.7. The lowest BCUT2D eigenvalue weighted by atomic mass is 10.1. The van der Waals surface area contributed by atoms with Gasteiger partial charge < -0.3 is 9.64 Å². The second-order valence-electron chi connectivity index (χ2n) is 5.03. The average Bonchev–Trinajstić information content (AvgIpc) is 2.52. The third kappa shape index (κ3) is 3.98. The van der Waals surface area contributed by atoms with Crippen molar-refractivity contribution in [1.82, 2.24) is 0 Å². The number of halogens is 1. The minimum atomic E-state index is -0.0320. The Hall–Kier alpha value is -2.07. The monoisotopic (exact) mass is 359 g/mol. The molecule has 2 aromatic rings. The lowest BCUT2D eigenvalue weighted by Gasteiger charge is -2.14. The number of rotatable bonds is 5. The van der Waals surface area contributed by atoms with Gasteiger partial charge in [0.15, 0.2) is 5.78 Å². The van der Waals surface area contributed by atoms with Crippen LogP contribution in [-0.4, -0.2) is 27.0 Å². The molecule has 0 unspecified atom stereocenters. The van der Waals surface area contributed by atoms with Crippen LogP contribution in [0, 0.1) is 0 Å². The van der Waals surface area contributed by atoms with Crippen molar-refractivity contribution in [1.29, 1.82) is 0 Å². The van der Waals surface area contributed by atoms with Gasteiger partial charge in [-0.1, -0.05) is 12.1 Å². The maximum absolute atomic E-state index is 12.1. The zero-order valence-electron chi connectivity index (χ0n) is 12.8. The van der Waals surface area contributed by atoms with E-state index in [1.807, 2.05) is 43.3 Å². The number of ketones is 1. The molecule has 4 heteroatoms. The molecule has 0 saturated carbocycles. The van der Waals surface area contributed by atoms with E-state index in [0.29, 0.717) is 5.56 Å². The maximum atomic E-state index is 12.1. The fourth-order valence-electron chi connectivity index (χ4n) is 2.01. The summed E-state index contributed by atoms with van der Waals surface area (Å²) in [5, 5.41) is 0. The quantitative estimate of drug-likeness (QED) is 0.584. The zero-order valence-corrected chi connectivity index (χ0v) is 14.4. The molecule has 0 fully saturated rings. The van der Waals surface area contributed by atoms with E-state index in [9.17, 15) is 4.79 Å². The van der Waals surface area contributed by atoms with Crippen molar-refractivity contribution < 1.29 is 9.53 Å². The molecule has 2 aromatic carbocycles. The molecule has 0 radical (unpaired) electrons. The third-order valence-electron chi connectivity index (χ3n) is 3.26. The molecule has 114 valence electrons. The van der Waals surface area contributed by atoms with Crippen molar-refractivity contribution in [2.75, 3.05) is 26.1 Å². The molecular formula is C18H18BrNO2. The standard InChI is InChI=1S/C18H18BrNO2/c1-20(2)17-10-4-13(12-16(17)19)5-11-18(21)14-6-8-15(22-3)9-7-14/h4-12H,1-3H3/b11-5+. The molecule has 0 N–H and O–H groups in total. The lowest BCUT2D eigenvalue weighted by molar-refractivity contribution is 0.104. The van der Waals surface area contributed by atoms with Crippen molar-refractivity contribution in [2.45, 2.75) is 0 Å². The van der Waals surface area contributed by atoms with Gasteiger partial charge in [-0.3, -0.25) is 4.79 Å². The van der Waals surface area contributed by atoms with E-state index >= 15 is 0 Å². The summed E-state index contributed by atoms with van der Waals surface area (Å²) in [6, 6.07) is 13.1. The number of carbonyl (C=O) groups excluding carboxylic acids is 1. The highest BCUT2D eigenvalue weighted by Gasteiger charge is 2.04. The number of anilines is 1. The number of benzene rings is 2. The molecule has 0 saturated heterocycles. The first-order valence-corrected chi connectivity index (χ1v) is 7.64. The Bertz CT molecular complexity index is 691. The van der Waals surface area contributed by atoms with E-state index in [1.165, 1.54) is 0 Å². The minimum Gasteiger partial charge on any atom is -0.497 e. The van der Waals surface area contributed by atoms with E-state index in [4.69, 9.17) is 4.74 Å². The van der Waals surface area contributed by atoms with Crippen molar-refractivity contribution in [3.05, 3.63) is 64.1 Å². The second-order valence-corrected chi connectivity index (χ2v) is 5.89. The molecule has 0 spiro atoms. The third-order valence-corrected chi connectivity index (χ3v) is 3.89. The van der Waals surface area contributed by atoms with Crippen molar-refractivity contribution in [3.8, 4) is 5.75 Å². The van der Waals surface area contributed by atoms with Crippen molar-refractivity contribution in [2.24, 2.45) is 0 Å². The van der Waals surface area contributed by atoms with E-state index in [1.54, 1.807) is 37.5 Å². The summed E-state index contributed by atoms with van der Waals surface area (Å²) >= 11 is 3.54. The fourth-order valence-corrected chi connectivity index (χ4v) is 2.76. The van der Waals surface area contributed by atoms with Gasteiger partial charge in [0.1, 0.15) is 5.75 Å². The number of methoxy groups -OCH3 is 1. The van der Waals surface area contributed by atoms with Crippen LogP contribution in [0.4, 0.5) is 5.69 Å². The molecule has 0 atom stereocenters. The van der Waals surface area contributed by atoms with Gasteiger partial charge in [0.25, 0.3) is 0 Å². The van der Waals surface area contributed by atoms with Gasteiger partial charge >= 0.3 is 0 Å². The van der Waals surface area contributed by atoms with Crippen LogP contribution >= 0.6 is 15.9 Å². The Labute approximate surface area is 139 Å². The smallest absolute Gasteiger partial charge is 0.185 e. The number of ether oxygens (including phenoxy) is 1. The Kier molecular flexibility index (Phi) is 5.39. The molecule has 0 heterocycles. The topological polar surface area (TPSA) is 29.5 Å². The Morgan fingerprint density at radius 1 is 1.14 bits per heavy atom. The van der Waals surface area contributed by atoms with Crippen LogP contribution in [0.25, 0.3) is 6.08 Å². The van der Waals surface area contributed by atoms with Gasteiger partial charge in [-0.05, 0) is 64.0 Å². The van der Waals surface area contributed by atoms with Crippen LogP contribution in [-0.2, 0) is 0 Å². The van der Waals surface area contributed by atoms with Crippen LogP contribution in [0.5, 0.6) is 5.75 Å². The van der Waals surface area contributed by atoms with Crippen LogP contribution in [0.1, 0.15) is 15.9 Å². The van der Waals surface area contributed by atoms with Crippen LogP contribution in [0.3, 0.4) is 0 Å². The van der Waals surface area contributed by atoms with E-state index < -0.39 is 0 Å². The summed E-state index contributed by atoms with van der Waals surface area (Å²) < 4.78 is 6.08. The van der Waals surface area contributed by atoms with Gasteiger partial charge in [0.05, 0.1) is 12.8 Å². The molecule has 0 amide bonds. The fraction of sp³-hybridized carbons (Fsp3) is 0.167. The minimum absolute atomic E-state index is 0.0320. The molecule has 0 aromatic heterocycles. The summed E-state index contributed by atoms with van der Waals surface area (Å²) in [6.45, 7) is 0. The Balaban J connectivity index is 2.13. The number of hydrogen-bond donors (Lipinski definition) is 0. The molecule has 0 bridgehead atoms. The summed E-state index contributed by atoms with van der Waals surface area (Å²) in [6.07, 6.45) is 3.40. The van der Waals surface area contributed by atoms with Crippen LogP contribution in [0.2, 0.25) is 0 Å². The predicted octanol–water partition coefficient (Wildman–Crippen LogP) is 4.42. The average molecular weight is 360 g/mol. The summed E-state index contributed by atoms with van der Waals surface area (Å²) in [5.41, 5.74) is 2.71. The van der Waals surface area contributed by atoms with E-state index in [-0.39, 0.29) is 5.78 Å². The highest BCUT2D eigenvalue weighted by atomic mass is 79.9. The lowest BCUT2D eigenvalue weighted by Crippen LogP contribution is -2.09. The summed E-state index contributed by atoms with van der Waals surface area (Å²) in [7, 11) is 5.58. The van der Waals surface area contributed by atoms with E-state index in [2.05, 4.69) is 15.9 Å². The second kappa shape index (κ2) is 7.27. The first kappa shape index (κ1) is 16.3. The van der Waals surface area contributed by atoms with Gasteiger partial charge in [-0.25, -0.2) is 0 Å². The highest BCUT2D eigenvalue weighted by Crippen LogP contribution is 2.26. The van der Waals surface area contributed by atoms with E-state index in [0.717, 1.165) is 21.5 Å². The van der Waals surface area contributed by atoms with Gasteiger partial charge in [-0.2, -0.15) is 0 Å². The molecular weight excluding hydrogens is 342 g/mol. The number of carbonyl (C=O) groups is 1. The van der Waals surface area contributed by atoms with Gasteiger partial charge in [-0.15, -0.1) is 0 Å². The SMILES string of the molecule is COc1ccc(C(=O)/C=C/c2ccc(N(C)C)c(Br)c2)cc1. The zero-order chi connectivity index (χ0) is 16.1. The maximum Gasteiger partial charge on any atom is 0.185 e. The van der Waals surface area contributed by atoms with Crippen LogP contribution in [0.15, 0.2) is 53.0 Å². The molecule has 3 nitrogen and oxygen atoms in total. The van der Waals surface area contributed by atoms with Gasteiger partial charge in [0, 0.05) is 24.1 Å². The van der Waals surface area contributed by atoms with Crippen molar-refractivity contribution in [3.63, 3.8) is 0 Å². The predicted molar refractivity (Wildman–Crippen MR) is 94.8 cm³/mol. The summed E-state index contributed by atoms with van der Waals surface area (Å²) in [4.78, 5) is 14.2. The Morgan fingerprint density at radius 2 is 1.82 bits per heavy atom. The molecule has 0 aliphatic carbocycles. The largest absolute Gasteiger partial charge is 0.497 e. The first-order valence-electron chi connectivity index (χ1n) is 6.84. The first-order chi connectivity index (χ1) is 10.5. The molecule has 22 heavy (non-hydrogen) atoms. The molecule has 2 rings (SSSR count). The number of nitrogens with zero attached hydrogens (tertiary/aromatic N) is 1. The van der Waals surface area contributed by atoms with Gasteiger partial charge in [0.2, 0.25) is 0 Å². The summed E-state index contributed by atoms with van der Waals surface area (Å²) in [5.74, 6) is 0.708.